The van der Waals surface area contributed by atoms with Gasteiger partial charge in [-0.25, -0.2) is 9.97 Å². The third-order valence-corrected chi connectivity index (χ3v) is 2.91. The summed E-state index contributed by atoms with van der Waals surface area (Å²) < 4.78 is 5.35. The molecule has 1 atom stereocenters. The minimum Gasteiger partial charge on any atom is -0.368 e. The molecule has 2 rings (SSSR count). The minimum absolute atomic E-state index is 0.0434. The molecule has 1 aliphatic heterocycles. The summed E-state index contributed by atoms with van der Waals surface area (Å²) in [5.41, 5.74) is 0.343. The molecular formula is C10H11Cl2N3O2. The van der Waals surface area contributed by atoms with Crippen LogP contribution in [0.2, 0.25) is 10.4 Å². The van der Waals surface area contributed by atoms with Crippen molar-refractivity contribution in [1.29, 1.82) is 0 Å². The Morgan fingerprint density at radius 1 is 1.47 bits per heavy atom. The Morgan fingerprint density at radius 2 is 2.29 bits per heavy atom. The van der Waals surface area contributed by atoms with E-state index >= 15 is 0 Å². The van der Waals surface area contributed by atoms with Gasteiger partial charge in [-0.1, -0.05) is 11.6 Å². The van der Waals surface area contributed by atoms with Gasteiger partial charge in [-0.15, -0.1) is 0 Å². The molecule has 0 spiro atoms. The fourth-order valence-electron chi connectivity index (χ4n) is 1.59. The van der Waals surface area contributed by atoms with Gasteiger partial charge in [-0.2, -0.15) is 0 Å². The first-order valence-corrected chi connectivity index (χ1v) is 6.03. The minimum atomic E-state index is -0.421. The van der Waals surface area contributed by atoms with E-state index in [1.165, 1.54) is 6.20 Å². The van der Waals surface area contributed by atoms with Gasteiger partial charge in [-0.05, 0) is 30.9 Å². The van der Waals surface area contributed by atoms with Crippen molar-refractivity contribution in [2.24, 2.45) is 0 Å². The summed E-state index contributed by atoms with van der Waals surface area (Å²) in [5.74, 6) is -0.225. The number of hydrogen-bond donors (Lipinski definition) is 1. The fraction of sp³-hybridized carbons (Fsp3) is 0.500. The summed E-state index contributed by atoms with van der Waals surface area (Å²) in [7, 11) is 0. The fourth-order valence-corrected chi connectivity index (χ4v) is 1.94. The molecule has 92 valence electrons. The van der Waals surface area contributed by atoms with Gasteiger partial charge < -0.3 is 10.1 Å². The number of hydrogen-bond acceptors (Lipinski definition) is 4. The van der Waals surface area contributed by atoms with Gasteiger partial charge >= 0.3 is 0 Å². The second-order valence-electron chi connectivity index (χ2n) is 3.69. The molecule has 0 bridgehead atoms. The molecule has 1 aromatic rings. The summed E-state index contributed by atoms with van der Waals surface area (Å²) in [5, 5.41) is 2.79. The number of nitrogens with one attached hydrogen (secondary N) is 1. The van der Waals surface area contributed by atoms with Gasteiger partial charge in [0.1, 0.15) is 6.10 Å². The maximum atomic E-state index is 11.8. The molecule has 0 saturated carbocycles. The van der Waals surface area contributed by atoms with Crippen molar-refractivity contribution in [1.82, 2.24) is 9.97 Å². The predicted molar refractivity (Wildman–Crippen MR) is 64.3 cm³/mol. The summed E-state index contributed by atoms with van der Waals surface area (Å²) >= 11 is 11.4. The van der Waals surface area contributed by atoms with Gasteiger partial charge in [0.2, 0.25) is 5.28 Å². The monoisotopic (exact) mass is 275 g/mol. The van der Waals surface area contributed by atoms with Crippen LogP contribution in [-0.2, 0) is 9.53 Å². The molecule has 17 heavy (non-hydrogen) atoms. The van der Waals surface area contributed by atoms with E-state index in [1.54, 1.807) is 0 Å². The first-order chi connectivity index (χ1) is 8.16. The standard InChI is InChI=1S/C10H11Cl2N3O2/c11-8-6(5-13-10(12)15-8)14-9(16)7-3-1-2-4-17-7/h5,7H,1-4H2,(H,14,16). The highest BCUT2D eigenvalue weighted by Crippen LogP contribution is 2.21. The van der Waals surface area contributed by atoms with Crippen LogP contribution in [0.1, 0.15) is 19.3 Å². The molecule has 2 heterocycles. The molecule has 1 fully saturated rings. The number of amides is 1. The molecule has 1 amide bonds. The van der Waals surface area contributed by atoms with Gasteiger partial charge in [0.25, 0.3) is 5.91 Å². The smallest absolute Gasteiger partial charge is 0.253 e. The Kier molecular flexibility index (Phi) is 4.15. The molecule has 1 unspecified atom stereocenters. The number of rotatable bonds is 2. The Hall–Kier alpha value is -0.910. The summed E-state index contributed by atoms with van der Waals surface area (Å²) in [6, 6.07) is 0. The summed E-state index contributed by atoms with van der Waals surface area (Å²) in [6.45, 7) is 0.614. The van der Waals surface area contributed by atoms with E-state index < -0.39 is 6.10 Å². The number of anilines is 1. The number of ether oxygens (including phenoxy) is 1. The van der Waals surface area contributed by atoms with E-state index in [0.29, 0.717) is 12.3 Å². The van der Waals surface area contributed by atoms with Crippen molar-refractivity contribution in [2.45, 2.75) is 25.4 Å². The molecule has 0 aromatic carbocycles. The highest BCUT2D eigenvalue weighted by atomic mass is 35.5. The van der Waals surface area contributed by atoms with E-state index in [0.717, 1.165) is 19.3 Å². The third-order valence-electron chi connectivity index (χ3n) is 2.44. The number of nitrogens with zero attached hydrogens (tertiary/aromatic N) is 2. The lowest BCUT2D eigenvalue weighted by molar-refractivity contribution is -0.129. The highest BCUT2D eigenvalue weighted by molar-refractivity contribution is 6.34. The summed E-state index contributed by atoms with van der Waals surface area (Å²) in [6.07, 6.45) is 3.66. The molecular weight excluding hydrogens is 265 g/mol. The normalized spacial score (nSPS) is 20.0. The molecule has 0 radical (unpaired) electrons. The average molecular weight is 276 g/mol. The van der Waals surface area contributed by atoms with E-state index in [9.17, 15) is 4.79 Å². The number of aromatic nitrogens is 2. The van der Waals surface area contributed by atoms with Crippen LogP contribution in [0.15, 0.2) is 6.20 Å². The van der Waals surface area contributed by atoms with E-state index in [-0.39, 0.29) is 16.3 Å². The maximum Gasteiger partial charge on any atom is 0.253 e. The lowest BCUT2D eigenvalue weighted by Crippen LogP contribution is -2.33. The van der Waals surface area contributed by atoms with Crippen LogP contribution in [0, 0.1) is 0 Å². The van der Waals surface area contributed by atoms with Crippen LogP contribution in [0.3, 0.4) is 0 Å². The van der Waals surface area contributed by atoms with Gasteiger partial charge in [0.15, 0.2) is 5.15 Å². The van der Waals surface area contributed by atoms with E-state index in [1.807, 2.05) is 0 Å². The van der Waals surface area contributed by atoms with Gasteiger partial charge in [-0.3, -0.25) is 4.79 Å². The molecule has 1 aromatic heterocycles. The van der Waals surface area contributed by atoms with Crippen LogP contribution in [0.4, 0.5) is 5.69 Å². The molecule has 0 aliphatic carbocycles. The Labute approximate surface area is 108 Å². The molecule has 7 heteroatoms. The molecule has 1 aliphatic rings. The van der Waals surface area contributed by atoms with Gasteiger partial charge in [0, 0.05) is 6.61 Å². The Balaban J connectivity index is 2.02. The van der Waals surface area contributed by atoms with Crippen molar-refractivity contribution >= 4 is 34.8 Å². The largest absolute Gasteiger partial charge is 0.368 e. The SMILES string of the molecule is O=C(Nc1cnc(Cl)nc1Cl)C1CCCCO1. The lowest BCUT2D eigenvalue weighted by Gasteiger charge is -2.21. The predicted octanol–water partition coefficient (Wildman–Crippen LogP) is 2.29. The lowest BCUT2D eigenvalue weighted by atomic mass is 10.1. The molecule has 1 saturated heterocycles. The van der Waals surface area contributed by atoms with Crippen LogP contribution >= 0.6 is 23.2 Å². The van der Waals surface area contributed by atoms with E-state index in [4.69, 9.17) is 27.9 Å². The molecule has 1 N–H and O–H groups in total. The topological polar surface area (TPSA) is 64.1 Å². The molecule has 5 nitrogen and oxygen atoms in total. The first kappa shape index (κ1) is 12.5. The van der Waals surface area contributed by atoms with Crippen molar-refractivity contribution in [3.63, 3.8) is 0 Å². The van der Waals surface area contributed by atoms with Crippen LogP contribution in [0.5, 0.6) is 0 Å². The average Bonchev–Trinajstić information content (AvgIpc) is 2.34. The summed E-state index contributed by atoms with van der Waals surface area (Å²) in [4.78, 5) is 19.3. The van der Waals surface area contributed by atoms with Crippen LogP contribution in [0.25, 0.3) is 0 Å². The van der Waals surface area contributed by atoms with Crippen LogP contribution in [-0.4, -0.2) is 28.6 Å². The zero-order valence-corrected chi connectivity index (χ0v) is 10.5. The van der Waals surface area contributed by atoms with Crippen molar-refractivity contribution in [3.05, 3.63) is 16.6 Å². The van der Waals surface area contributed by atoms with Gasteiger partial charge in [0.05, 0.1) is 11.9 Å². The number of halogens is 2. The maximum absolute atomic E-state index is 11.8. The van der Waals surface area contributed by atoms with Crippen molar-refractivity contribution < 1.29 is 9.53 Å². The second-order valence-corrected chi connectivity index (χ2v) is 4.38. The zero-order chi connectivity index (χ0) is 12.3. The van der Waals surface area contributed by atoms with E-state index in [2.05, 4.69) is 15.3 Å². The third kappa shape index (κ3) is 3.28. The number of carbonyl (C=O) groups is 1. The Bertz CT molecular complexity index is 422. The first-order valence-electron chi connectivity index (χ1n) is 5.27. The number of carbonyl (C=O) groups excluding carboxylic acids is 1. The Morgan fingerprint density at radius 3 is 2.94 bits per heavy atom. The van der Waals surface area contributed by atoms with Crippen LogP contribution < -0.4 is 5.32 Å². The quantitative estimate of drug-likeness (QED) is 0.665. The van der Waals surface area contributed by atoms with Crippen molar-refractivity contribution in [2.75, 3.05) is 11.9 Å². The highest BCUT2D eigenvalue weighted by Gasteiger charge is 2.22. The zero-order valence-electron chi connectivity index (χ0n) is 8.95. The second kappa shape index (κ2) is 5.62. The van der Waals surface area contributed by atoms with Crippen molar-refractivity contribution in [3.8, 4) is 0 Å².